The molecule has 4 nitrogen and oxygen atoms in total. The molecular formula is C22H16ClNO3. The number of halogens is 1. The number of nitrogens with zero attached hydrogens (tertiary/aromatic N) is 1. The third-order valence-corrected chi connectivity index (χ3v) is 4.73. The van der Waals surface area contributed by atoms with Crippen LogP contribution in [0, 0.1) is 0 Å². The molecule has 4 aromatic rings. The molecule has 0 aliphatic carbocycles. The maximum atomic E-state index is 12.7. The standard InChI is InChI=1S/C22H16ClNO3/c23-16-11-9-15(10-12-16)14-27-21(25)13-24-19-7-3-1-5-17(19)22(26)18-6-2-4-8-20(18)24/h1-12H,13-14H2. The number of carbonyl (C=O) groups excluding carboxylic acids is 1. The number of carbonyl (C=O) groups is 1. The van der Waals surface area contributed by atoms with Crippen molar-refractivity contribution in [3.05, 3.63) is 93.6 Å². The molecule has 0 unspecified atom stereocenters. The number of hydrogen-bond acceptors (Lipinski definition) is 3. The molecule has 134 valence electrons. The van der Waals surface area contributed by atoms with Crippen molar-refractivity contribution in [2.24, 2.45) is 0 Å². The molecule has 3 aromatic carbocycles. The summed E-state index contributed by atoms with van der Waals surface area (Å²) in [5.41, 5.74) is 2.25. The van der Waals surface area contributed by atoms with E-state index in [4.69, 9.17) is 16.3 Å². The number of para-hydroxylation sites is 2. The van der Waals surface area contributed by atoms with Crippen molar-refractivity contribution in [3.8, 4) is 0 Å². The second-order valence-electron chi connectivity index (χ2n) is 6.24. The largest absolute Gasteiger partial charge is 0.459 e. The van der Waals surface area contributed by atoms with E-state index in [9.17, 15) is 9.59 Å². The van der Waals surface area contributed by atoms with Crippen molar-refractivity contribution in [2.75, 3.05) is 0 Å². The third-order valence-electron chi connectivity index (χ3n) is 4.48. The number of hydrogen-bond donors (Lipinski definition) is 0. The average Bonchev–Trinajstić information content (AvgIpc) is 2.71. The predicted molar refractivity (Wildman–Crippen MR) is 107 cm³/mol. The Morgan fingerprint density at radius 2 is 1.41 bits per heavy atom. The lowest BCUT2D eigenvalue weighted by Crippen LogP contribution is -2.18. The monoisotopic (exact) mass is 377 g/mol. The van der Waals surface area contributed by atoms with Gasteiger partial charge in [0.25, 0.3) is 0 Å². The minimum atomic E-state index is -0.371. The van der Waals surface area contributed by atoms with Crippen LogP contribution < -0.4 is 5.43 Å². The van der Waals surface area contributed by atoms with Gasteiger partial charge in [0.2, 0.25) is 0 Å². The van der Waals surface area contributed by atoms with Gasteiger partial charge in [0.05, 0.1) is 11.0 Å². The quantitative estimate of drug-likeness (QED) is 0.387. The molecule has 0 amide bonds. The zero-order valence-electron chi connectivity index (χ0n) is 14.4. The fourth-order valence-electron chi connectivity index (χ4n) is 3.17. The summed E-state index contributed by atoms with van der Waals surface area (Å²) in [7, 11) is 0. The van der Waals surface area contributed by atoms with Gasteiger partial charge in [-0.3, -0.25) is 9.59 Å². The Morgan fingerprint density at radius 1 is 0.852 bits per heavy atom. The van der Waals surface area contributed by atoms with Gasteiger partial charge in [-0.25, -0.2) is 0 Å². The highest BCUT2D eigenvalue weighted by Gasteiger charge is 2.13. The number of ether oxygens (including phenoxy) is 1. The molecule has 1 aromatic heterocycles. The summed E-state index contributed by atoms with van der Waals surface area (Å²) < 4.78 is 7.25. The summed E-state index contributed by atoms with van der Waals surface area (Å²) in [5, 5.41) is 1.81. The molecule has 5 heteroatoms. The van der Waals surface area contributed by atoms with Crippen LogP contribution in [0.2, 0.25) is 5.02 Å². The fraction of sp³-hybridized carbons (Fsp3) is 0.0909. The molecule has 1 heterocycles. The second-order valence-corrected chi connectivity index (χ2v) is 6.67. The van der Waals surface area contributed by atoms with Crippen LogP contribution in [-0.2, 0) is 22.7 Å². The minimum absolute atomic E-state index is 0.0227. The van der Waals surface area contributed by atoms with Gasteiger partial charge in [0.15, 0.2) is 5.43 Å². The van der Waals surface area contributed by atoms with Crippen molar-refractivity contribution in [1.82, 2.24) is 4.57 Å². The minimum Gasteiger partial charge on any atom is -0.459 e. The summed E-state index contributed by atoms with van der Waals surface area (Å²) in [6, 6.07) is 21.7. The van der Waals surface area contributed by atoms with Gasteiger partial charge in [0, 0.05) is 15.8 Å². The maximum absolute atomic E-state index is 12.7. The average molecular weight is 378 g/mol. The van der Waals surface area contributed by atoms with Crippen molar-refractivity contribution in [1.29, 1.82) is 0 Å². The lowest BCUT2D eigenvalue weighted by atomic mass is 10.1. The molecular weight excluding hydrogens is 362 g/mol. The van der Waals surface area contributed by atoms with Gasteiger partial charge in [-0.15, -0.1) is 0 Å². The van der Waals surface area contributed by atoms with E-state index >= 15 is 0 Å². The highest BCUT2D eigenvalue weighted by Crippen LogP contribution is 2.19. The first-order valence-electron chi connectivity index (χ1n) is 8.54. The van der Waals surface area contributed by atoms with Crippen LogP contribution in [0.4, 0.5) is 0 Å². The number of fused-ring (bicyclic) bond motifs is 2. The Hall–Kier alpha value is -3.11. The molecule has 27 heavy (non-hydrogen) atoms. The highest BCUT2D eigenvalue weighted by molar-refractivity contribution is 6.30. The van der Waals surface area contributed by atoms with Gasteiger partial charge >= 0.3 is 5.97 Å². The van der Waals surface area contributed by atoms with Crippen LogP contribution in [0.3, 0.4) is 0 Å². The molecule has 0 atom stereocenters. The Balaban J connectivity index is 1.68. The van der Waals surface area contributed by atoms with Gasteiger partial charge in [-0.1, -0.05) is 48.0 Å². The van der Waals surface area contributed by atoms with Gasteiger partial charge < -0.3 is 9.30 Å². The van der Waals surface area contributed by atoms with Gasteiger partial charge in [0.1, 0.15) is 13.2 Å². The molecule has 0 saturated heterocycles. The molecule has 4 rings (SSSR count). The molecule has 0 radical (unpaired) electrons. The molecule has 0 bridgehead atoms. The van der Waals surface area contributed by atoms with Crippen LogP contribution in [0.25, 0.3) is 21.8 Å². The second kappa shape index (κ2) is 7.25. The lowest BCUT2D eigenvalue weighted by Gasteiger charge is -2.14. The van der Waals surface area contributed by atoms with Crippen molar-refractivity contribution < 1.29 is 9.53 Å². The summed E-state index contributed by atoms with van der Waals surface area (Å²) in [6.07, 6.45) is 0. The first kappa shape index (κ1) is 17.3. The molecule has 0 aliphatic rings. The van der Waals surface area contributed by atoms with E-state index in [1.165, 1.54) is 0 Å². The number of rotatable bonds is 4. The van der Waals surface area contributed by atoms with Crippen LogP contribution in [0.1, 0.15) is 5.56 Å². The van der Waals surface area contributed by atoms with Crippen LogP contribution in [0.5, 0.6) is 0 Å². The smallest absolute Gasteiger partial charge is 0.326 e. The Morgan fingerprint density at radius 3 is 2.00 bits per heavy atom. The van der Waals surface area contributed by atoms with E-state index in [2.05, 4.69) is 0 Å². The maximum Gasteiger partial charge on any atom is 0.326 e. The SMILES string of the molecule is O=C(Cn1c2ccccc2c(=O)c2ccccc21)OCc1ccc(Cl)cc1. The molecule has 0 fully saturated rings. The van der Waals surface area contributed by atoms with Crippen LogP contribution in [0.15, 0.2) is 77.6 Å². The van der Waals surface area contributed by atoms with E-state index < -0.39 is 0 Å². The highest BCUT2D eigenvalue weighted by atomic mass is 35.5. The Labute approximate surface area is 160 Å². The van der Waals surface area contributed by atoms with Crippen molar-refractivity contribution >= 4 is 39.4 Å². The zero-order valence-corrected chi connectivity index (χ0v) is 15.1. The molecule has 0 saturated carbocycles. The predicted octanol–water partition coefficient (Wildman–Crippen LogP) is 4.55. The summed E-state index contributed by atoms with van der Waals surface area (Å²) in [6.45, 7) is 0.195. The Kier molecular flexibility index (Phi) is 4.65. The molecule has 0 aliphatic heterocycles. The first-order valence-corrected chi connectivity index (χ1v) is 8.91. The topological polar surface area (TPSA) is 48.3 Å². The summed E-state index contributed by atoms with van der Waals surface area (Å²) in [5.74, 6) is -0.371. The molecule has 0 N–H and O–H groups in total. The first-order chi connectivity index (χ1) is 13.1. The number of benzene rings is 3. The number of aromatic nitrogens is 1. The normalized spacial score (nSPS) is 11.0. The van der Waals surface area contributed by atoms with E-state index in [0.717, 1.165) is 5.56 Å². The van der Waals surface area contributed by atoms with Gasteiger partial charge in [-0.2, -0.15) is 0 Å². The van der Waals surface area contributed by atoms with E-state index in [1.807, 2.05) is 53.1 Å². The zero-order chi connectivity index (χ0) is 18.8. The van der Waals surface area contributed by atoms with E-state index in [0.29, 0.717) is 26.8 Å². The van der Waals surface area contributed by atoms with Gasteiger partial charge in [-0.05, 0) is 42.0 Å². The van der Waals surface area contributed by atoms with Crippen molar-refractivity contribution in [2.45, 2.75) is 13.2 Å². The number of pyridine rings is 1. The third kappa shape index (κ3) is 3.44. The number of esters is 1. The van der Waals surface area contributed by atoms with E-state index in [-0.39, 0.29) is 24.5 Å². The fourth-order valence-corrected chi connectivity index (χ4v) is 3.29. The summed E-state index contributed by atoms with van der Waals surface area (Å²) >= 11 is 5.87. The van der Waals surface area contributed by atoms with Crippen LogP contribution in [-0.4, -0.2) is 10.5 Å². The molecule has 0 spiro atoms. The summed E-state index contributed by atoms with van der Waals surface area (Å²) in [4.78, 5) is 25.2. The van der Waals surface area contributed by atoms with E-state index in [1.54, 1.807) is 24.3 Å². The Bertz CT molecular complexity index is 1140. The van der Waals surface area contributed by atoms with Crippen LogP contribution >= 0.6 is 11.6 Å². The lowest BCUT2D eigenvalue weighted by molar-refractivity contribution is -0.145. The van der Waals surface area contributed by atoms with Crippen molar-refractivity contribution in [3.63, 3.8) is 0 Å².